The lowest BCUT2D eigenvalue weighted by Crippen LogP contribution is -2.45. The minimum Gasteiger partial charge on any atom is -0.394 e. The summed E-state index contributed by atoms with van der Waals surface area (Å²) in [6.45, 7) is -0.772. The summed E-state index contributed by atoms with van der Waals surface area (Å²) in [5, 5.41) is 10.8. The predicted molar refractivity (Wildman–Crippen MR) is 89.7 cm³/mol. The SMILES string of the molecule is CN(C)c1cccc2ccc(S(=O)(=O)NC(CO)C(=O)ON)cc12. The smallest absolute Gasteiger partial charge is 0.345 e. The molecule has 0 bridgehead atoms. The van der Waals surface area contributed by atoms with E-state index in [9.17, 15) is 13.2 Å². The summed E-state index contributed by atoms with van der Waals surface area (Å²) in [6.07, 6.45) is 0. The van der Waals surface area contributed by atoms with Crippen LogP contribution in [-0.2, 0) is 19.7 Å². The van der Waals surface area contributed by atoms with Gasteiger partial charge in [0, 0.05) is 25.2 Å². The number of rotatable bonds is 6. The Morgan fingerprint density at radius 2 is 2.04 bits per heavy atom. The van der Waals surface area contributed by atoms with E-state index in [4.69, 9.17) is 11.0 Å². The van der Waals surface area contributed by atoms with Gasteiger partial charge in [-0.25, -0.2) is 13.2 Å². The Morgan fingerprint density at radius 1 is 1.33 bits per heavy atom. The number of benzene rings is 2. The van der Waals surface area contributed by atoms with Gasteiger partial charge in [0.15, 0.2) is 0 Å². The first kappa shape index (κ1) is 18.1. The number of carbonyl (C=O) groups excluding carboxylic acids is 1. The van der Waals surface area contributed by atoms with Gasteiger partial charge in [0.05, 0.1) is 11.5 Å². The summed E-state index contributed by atoms with van der Waals surface area (Å²) < 4.78 is 27.0. The molecule has 0 aliphatic rings. The van der Waals surface area contributed by atoms with Gasteiger partial charge >= 0.3 is 5.97 Å². The Kier molecular flexibility index (Phi) is 5.40. The molecule has 1 atom stereocenters. The first-order valence-corrected chi connectivity index (χ1v) is 8.52. The lowest BCUT2D eigenvalue weighted by molar-refractivity contribution is -0.147. The maximum atomic E-state index is 12.5. The van der Waals surface area contributed by atoms with Crippen LogP contribution in [0.25, 0.3) is 10.8 Å². The molecule has 0 saturated heterocycles. The largest absolute Gasteiger partial charge is 0.394 e. The number of aliphatic hydroxyl groups excluding tert-OH is 1. The fraction of sp³-hybridized carbons (Fsp3) is 0.267. The van der Waals surface area contributed by atoms with Crippen molar-refractivity contribution in [2.24, 2.45) is 5.90 Å². The Labute approximate surface area is 139 Å². The van der Waals surface area contributed by atoms with Gasteiger partial charge in [-0.05, 0) is 23.6 Å². The second-order valence-corrected chi connectivity index (χ2v) is 7.06. The van der Waals surface area contributed by atoms with Crippen LogP contribution in [0, 0.1) is 0 Å². The third-order valence-corrected chi connectivity index (χ3v) is 4.97. The first-order chi connectivity index (χ1) is 11.3. The number of aliphatic hydroxyl groups is 1. The molecule has 0 amide bonds. The van der Waals surface area contributed by atoms with E-state index in [1.165, 1.54) is 12.1 Å². The molecule has 0 heterocycles. The maximum Gasteiger partial charge on any atom is 0.345 e. The molecular weight excluding hydrogens is 334 g/mol. The molecule has 2 aromatic carbocycles. The highest BCUT2D eigenvalue weighted by Crippen LogP contribution is 2.27. The van der Waals surface area contributed by atoms with Crippen molar-refractivity contribution >= 4 is 32.5 Å². The molecule has 0 spiro atoms. The van der Waals surface area contributed by atoms with E-state index >= 15 is 0 Å². The average molecular weight is 353 g/mol. The van der Waals surface area contributed by atoms with Crippen LogP contribution in [0.3, 0.4) is 0 Å². The van der Waals surface area contributed by atoms with Crippen molar-refractivity contribution in [1.29, 1.82) is 0 Å². The van der Waals surface area contributed by atoms with Crippen molar-refractivity contribution in [3.05, 3.63) is 36.4 Å². The molecule has 0 aliphatic carbocycles. The zero-order valence-electron chi connectivity index (χ0n) is 13.3. The second-order valence-electron chi connectivity index (χ2n) is 5.35. The number of nitrogens with one attached hydrogen (secondary N) is 1. The zero-order valence-corrected chi connectivity index (χ0v) is 14.1. The van der Waals surface area contributed by atoms with Gasteiger partial charge in [0.2, 0.25) is 10.0 Å². The van der Waals surface area contributed by atoms with E-state index in [0.717, 1.165) is 16.5 Å². The van der Waals surface area contributed by atoms with Crippen molar-refractivity contribution in [3.63, 3.8) is 0 Å². The van der Waals surface area contributed by atoms with Crippen LogP contribution in [0.2, 0.25) is 0 Å². The van der Waals surface area contributed by atoms with Gasteiger partial charge in [-0.3, -0.25) is 0 Å². The van der Waals surface area contributed by atoms with Gasteiger partial charge in [-0.1, -0.05) is 18.2 Å². The highest BCUT2D eigenvalue weighted by atomic mass is 32.2. The molecule has 2 rings (SSSR count). The van der Waals surface area contributed by atoms with Crippen LogP contribution >= 0.6 is 0 Å². The molecule has 2 aromatic rings. The number of carbonyl (C=O) groups is 1. The lowest BCUT2D eigenvalue weighted by atomic mass is 10.1. The minimum absolute atomic E-state index is 0.0347. The van der Waals surface area contributed by atoms with E-state index < -0.39 is 28.6 Å². The maximum absolute atomic E-state index is 12.5. The topological polar surface area (TPSA) is 122 Å². The van der Waals surface area contributed by atoms with Crippen LogP contribution in [0.4, 0.5) is 5.69 Å². The van der Waals surface area contributed by atoms with Crippen LogP contribution in [0.1, 0.15) is 0 Å². The van der Waals surface area contributed by atoms with Crippen molar-refractivity contribution < 1.29 is 23.2 Å². The standard InChI is InChI=1S/C15H19N3O5S/c1-18(2)14-5-3-4-10-6-7-11(8-12(10)14)24(21,22)17-13(9-19)15(20)23-16/h3-8,13,17,19H,9,16H2,1-2H3. The Hall–Kier alpha value is -2.20. The molecule has 0 aliphatic heterocycles. The van der Waals surface area contributed by atoms with E-state index in [2.05, 4.69) is 9.56 Å². The summed E-state index contributed by atoms with van der Waals surface area (Å²) in [6, 6.07) is 8.75. The van der Waals surface area contributed by atoms with E-state index in [-0.39, 0.29) is 4.90 Å². The average Bonchev–Trinajstić information content (AvgIpc) is 2.57. The molecule has 4 N–H and O–H groups in total. The fourth-order valence-electron chi connectivity index (χ4n) is 2.29. The van der Waals surface area contributed by atoms with Crippen molar-refractivity contribution in [3.8, 4) is 0 Å². The van der Waals surface area contributed by atoms with Gasteiger partial charge < -0.3 is 14.8 Å². The normalized spacial score (nSPS) is 12.8. The Balaban J connectivity index is 2.47. The number of hydrogen-bond donors (Lipinski definition) is 3. The Bertz CT molecular complexity index is 851. The van der Waals surface area contributed by atoms with Gasteiger partial charge in [-0.15, -0.1) is 0 Å². The van der Waals surface area contributed by atoms with Crippen LogP contribution in [0.5, 0.6) is 0 Å². The summed E-state index contributed by atoms with van der Waals surface area (Å²) in [5.74, 6) is 3.66. The third-order valence-electron chi connectivity index (χ3n) is 3.50. The number of anilines is 1. The number of nitrogens with two attached hydrogens (primary N) is 1. The number of sulfonamides is 1. The van der Waals surface area contributed by atoms with Crippen molar-refractivity contribution in [1.82, 2.24) is 4.72 Å². The number of hydrogen-bond acceptors (Lipinski definition) is 7. The molecule has 130 valence electrons. The summed E-state index contributed by atoms with van der Waals surface area (Å²) >= 11 is 0. The quantitative estimate of drug-likeness (QED) is 0.623. The molecule has 0 fully saturated rings. The molecular formula is C15H19N3O5S. The number of nitrogens with zero attached hydrogens (tertiary/aromatic N) is 1. The summed E-state index contributed by atoms with van der Waals surface area (Å²) in [4.78, 5) is 17.2. The fourth-order valence-corrected chi connectivity index (χ4v) is 3.49. The first-order valence-electron chi connectivity index (χ1n) is 7.04. The molecule has 0 saturated carbocycles. The summed E-state index contributed by atoms with van der Waals surface area (Å²) in [7, 11) is -0.337. The molecule has 8 nitrogen and oxygen atoms in total. The van der Waals surface area contributed by atoms with Crippen LogP contribution in [0.15, 0.2) is 41.3 Å². The van der Waals surface area contributed by atoms with Crippen LogP contribution < -0.4 is 15.5 Å². The molecule has 1 unspecified atom stereocenters. The summed E-state index contributed by atoms with van der Waals surface area (Å²) in [5.41, 5.74) is 0.852. The van der Waals surface area contributed by atoms with Crippen molar-refractivity contribution in [2.75, 3.05) is 25.6 Å². The van der Waals surface area contributed by atoms with E-state index in [1.807, 2.05) is 37.2 Å². The molecule has 0 aromatic heterocycles. The zero-order chi connectivity index (χ0) is 17.9. The molecule has 9 heteroatoms. The van der Waals surface area contributed by atoms with Crippen molar-refractivity contribution in [2.45, 2.75) is 10.9 Å². The van der Waals surface area contributed by atoms with Gasteiger partial charge in [0.1, 0.15) is 6.04 Å². The third kappa shape index (κ3) is 3.65. The van der Waals surface area contributed by atoms with E-state index in [1.54, 1.807) is 6.07 Å². The highest BCUT2D eigenvalue weighted by molar-refractivity contribution is 7.89. The molecule has 0 radical (unpaired) electrons. The van der Waals surface area contributed by atoms with Gasteiger partial charge in [-0.2, -0.15) is 10.6 Å². The van der Waals surface area contributed by atoms with Crippen LogP contribution in [-0.4, -0.2) is 46.2 Å². The lowest BCUT2D eigenvalue weighted by Gasteiger charge is -2.17. The number of fused-ring (bicyclic) bond motifs is 1. The van der Waals surface area contributed by atoms with E-state index in [0.29, 0.717) is 0 Å². The Morgan fingerprint density at radius 3 is 2.62 bits per heavy atom. The predicted octanol–water partition coefficient (Wildman–Crippen LogP) is -0.0381. The molecule has 24 heavy (non-hydrogen) atoms. The van der Waals surface area contributed by atoms with Gasteiger partial charge in [0.25, 0.3) is 0 Å². The highest BCUT2D eigenvalue weighted by Gasteiger charge is 2.26. The monoisotopic (exact) mass is 353 g/mol. The minimum atomic E-state index is -4.05. The second kappa shape index (κ2) is 7.14.